The van der Waals surface area contributed by atoms with Crippen LogP contribution >= 0.6 is 0 Å². The van der Waals surface area contributed by atoms with E-state index in [-0.39, 0.29) is 18.2 Å². The van der Waals surface area contributed by atoms with Gasteiger partial charge in [-0.3, -0.25) is 9.59 Å². The van der Waals surface area contributed by atoms with Crippen molar-refractivity contribution in [2.75, 3.05) is 19.0 Å². The molecule has 0 fully saturated rings. The fourth-order valence-electron chi connectivity index (χ4n) is 2.63. The molecule has 0 saturated carbocycles. The van der Waals surface area contributed by atoms with E-state index in [0.717, 1.165) is 28.1 Å². The van der Waals surface area contributed by atoms with Crippen molar-refractivity contribution in [1.29, 1.82) is 0 Å². The number of hydrogen-bond acceptors (Lipinski definition) is 3. The van der Waals surface area contributed by atoms with Crippen LogP contribution in [0.15, 0.2) is 42.5 Å². The molecule has 0 unspecified atom stereocenters. The van der Waals surface area contributed by atoms with Crippen LogP contribution in [0.1, 0.15) is 30.0 Å². The van der Waals surface area contributed by atoms with E-state index in [9.17, 15) is 9.59 Å². The Hall–Kier alpha value is -2.82. The molecule has 0 saturated heterocycles. The Kier molecular flexibility index (Phi) is 6.78. The first-order valence-corrected chi connectivity index (χ1v) is 8.65. The summed E-state index contributed by atoms with van der Waals surface area (Å²) >= 11 is 0. The number of carbonyl (C=O) groups excluding carboxylic acids is 2. The molecule has 2 amide bonds. The van der Waals surface area contributed by atoms with Crippen molar-refractivity contribution in [2.24, 2.45) is 0 Å². The topological polar surface area (TPSA) is 58.6 Å². The molecule has 138 valence electrons. The number of rotatable bonds is 7. The smallest absolute Gasteiger partial charge is 0.227 e. The second-order valence-corrected chi connectivity index (χ2v) is 6.55. The van der Waals surface area contributed by atoms with E-state index >= 15 is 0 Å². The Morgan fingerprint density at radius 2 is 1.77 bits per heavy atom. The normalized spacial score (nSPS) is 10.3. The van der Waals surface area contributed by atoms with Crippen LogP contribution in [0.2, 0.25) is 0 Å². The number of aryl methyl sites for hydroxylation is 2. The number of carbonyl (C=O) groups is 2. The molecule has 0 aliphatic carbocycles. The lowest BCUT2D eigenvalue weighted by Gasteiger charge is -2.15. The largest absolute Gasteiger partial charge is 0.493 e. The second-order valence-electron chi connectivity index (χ2n) is 6.55. The molecule has 0 radical (unpaired) electrons. The molecule has 0 aliphatic rings. The Balaban J connectivity index is 1.84. The number of nitrogens with one attached hydrogen (secondary N) is 1. The molecule has 0 aromatic heterocycles. The third kappa shape index (κ3) is 6.24. The van der Waals surface area contributed by atoms with Crippen LogP contribution in [0, 0.1) is 13.8 Å². The highest BCUT2D eigenvalue weighted by atomic mass is 16.5. The SMILES string of the molecule is CC(=O)N(C)Cc1cccc(NC(=O)CCOc2cc(C)cc(C)c2)c1. The number of nitrogens with zero attached hydrogens (tertiary/aromatic N) is 1. The number of amides is 2. The van der Waals surface area contributed by atoms with Crippen molar-refractivity contribution in [1.82, 2.24) is 4.90 Å². The highest BCUT2D eigenvalue weighted by molar-refractivity contribution is 5.90. The lowest BCUT2D eigenvalue weighted by Crippen LogP contribution is -2.23. The summed E-state index contributed by atoms with van der Waals surface area (Å²) in [5, 5.41) is 2.87. The zero-order valence-corrected chi connectivity index (χ0v) is 15.8. The van der Waals surface area contributed by atoms with Gasteiger partial charge in [-0.2, -0.15) is 0 Å². The first-order chi connectivity index (χ1) is 12.3. The molecule has 2 rings (SSSR count). The molecule has 5 heteroatoms. The van der Waals surface area contributed by atoms with Gasteiger partial charge in [-0.15, -0.1) is 0 Å². The van der Waals surface area contributed by atoms with Crippen LogP contribution in [0.25, 0.3) is 0 Å². The molecule has 0 heterocycles. The summed E-state index contributed by atoms with van der Waals surface area (Å²) in [4.78, 5) is 25.1. The molecule has 2 aromatic carbocycles. The summed E-state index contributed by atoms with van der Waals surface area (Å²) in [5.74, 6) is 0.680. The van der Waals surface area contributed by atoms with Crippen LogP contribution in [-0.2, 0) is 16.1 Å². The van der Waals surface area contributed by atoms with E-state index in [1.54, 1.807) is 11.9 Å². The molecule has 0 bridgehead atoms. The third-order valence-electron chi connectivity index (χ3n) is 3.96. The van der Waals surface area contributed by atoms with E-state index < -0.39 is 0 Å². The van der Waals surface area contributed by atoms with Gasteiger partial charge in [0.25, 0.3) is 0 Å². The minimum atomic E-state index is -0.105. The summed E-state index contributed by atoms with van der Waals surface area (Å²) in [6, 6.07) is 13.5. The third-order valence-corrected chi connectivity index (χ3v) is 3.96. The standard InChI is InChI=1S/C21H26N2O3/c1-15-10-16(2)12-20(11-15)26-9-8-21(25)22-19-7-5-6-18(13-19)14-23(4)17(3)24/h5-7,10-13H,8-9,14H2,1-4H3,(H,22,25). The summed E-state index contributed by atoms with van der Waals surface area (Å²) in [7, 11) is 1.75. The van der Waals surface area contributed by atoms with Gasteiger partial charge in [0.05, 0.1) is 13.0 Å². The van der Waals surface area contributed by atoms with E-state index in [4.69, 9.17) is 4.74 Å². The predicted octanol–water partition coefficient (Wildman–Crippen LogP) is 3.69. The van der Waals surface area contributed by atoms with Crippen molar-refractivity contribution in [2.45, 2.75) is 33.7 Å². The van der Waals surface area contributed by atoms with Gasteiger partial charge in [-0.1, -0.05) is 18.2 Å². The average molecular weight is 354 g/mol. The highest BCUT2D eigenvalue weighted by Gasteiger charge is 2.07. The Morgan fingerprint density at radius 1 is 1.08 bits per heavy atom. The molecule has 2 aromatic rings. The Morgan fingerprint density at radius 3 is 2.42 bits per heavy atom. The van der Waals surface area contributed by atoms with Gasteiger partial charge in [0.15, 0.2) is 0 Å². The Labute approximate surface area is 155 Å². The maximum Gasteiger partial charge on any atom is 0.227 e. The number of anilines is 1. The zero-order chi connectivity index (χ0) is 19.1. The zero-order valence-electron chi connectivity index (χ0n) is 15.8. The van der Waals surface area contributed by atoms with Crippen LogP contribution in [0.5, 0.6) is 5.75 Å². The van der Waals surface area contributed by atoms with Gasteiger partial charge in [0.2, 0.25) is 11.8 Å². The van der Waals surface area contributed by atoms with E-state index in [0.29, 0.717) is 13.2 Å². The molecule has 0 spiro atoms. The minimum absolute atomic E-state index is 0.00275. The van der Waals surface area contributed by atoms with Crippen molar-refractivity contribution in [3.63, 3.8) is 0 Å². The fourth-order valence-corrected chi connectivity index (χ4v) is 2.63. The fraction of sp³-hybridized carbons (Fsp3) is 0.333. The summed E-state index contributed by atoms with van der Waals surface area (Å²) in [6.07, 6.45) is 0.268. The first-order valence-electron chi connectivity index (χ1n) is 8.65. The van der Waals surface area contributed by atoms with E-state index in [2.05, 4.69) is 11.4 Å². The average Bonchev–Trinajstić information content (AvgIpc) is 2.54. The summed E-state index contributed by atoms with van der Waals surface area (Å²) in [5.41, 5.74) is 3.96. The number of hydrogen-bond donors (Lipinski definition) is 1. The van der Waals surface area contributed by atoms with Crippen molar-refractivity contribution < 1.29 is 14.3 Å². The summed E-state index contributed by atoms with van der Waals surface area (Å²) in [6.45, 7) is 6.39. The van der Waals surface area contributed by atoms with Gasteiger partial charge in [-0.25, -0.2) is 0 Å². The van der Waals surface area contributed by atoms with E-state index in [1.165, 1.54) is 6.92 Å². The lowest BCUT2D eigenvalue weighted by atomic mass is 10.1. The molecule has 26 heavy (non-hydrogen) atoms. The van der Waals surface area contributed by atoms with Gasteiger partial charge < -0.3 is 15.0 Å². The van der Waals surface area contributed by atoms with Crippen molar-refractivity contribution in [3.05, 3.63) is 59.2 Å². The molecular weight excluding hydrogens is 328 g/mol. The van der Waals surface area contributed by atoms with Gasteiger partial charge >= 0.3 is 0 Å². The summed E-state index contributed by atoms with van der Waals surface area (Å²) < 4.78 is 5.67. The van der Waals surface area contributed by atoms with Crippen LogP contribution in [-0.4, -0.2) is 30.4 Å². The van der Waals surface area contributed by atoms with Crippen LogP contribution in [0.4, 0.5) is 5.69 Å². The second kappa shape index (κ2) is 9.04. The van der Waals surface area contributed by atoms with Gasteiger partial charge in [0.1, 0.15) is 5.75 Å². The van der Waals surface area contributed by atoms with Crippen LogP contribution in [0.3, 0.4) is 0 Å². The molecule has 1 N–H and O–H groups in total. The van der Waals surface area contributed by atoms with Crippen LogP contribution < -0.4 is 10.1 Å². The highest BCUT2D eigenvalue weighted by Crippen LogP contribution is 2.17. The Bertz CT molecular complexity index is 766. The monoisotopic (exact) mass is 354 g/mol. The van der Waals surface area contributed by atoms with Crippen molar-refractivity contribution >= 4 is 17.5 Å². The molecule has 5 nitrogen and oxygen atoms in total. The molecular formula is C21H26N2O3. The molecule has 0 aliphatic heterocycles. The van der Waals surface area contributed by atoms with Crippen molar-refractivity contribution in [3.8, 4) is 5.75 Å². The van der Waals surface area contributed by atoms with Gasteiger partial charge in [0, 0.05) is 26.2 Å². The number of benzene rings is 2. The maximum atomic E-state index is 12.1. The van der Waals surface area contributed by atoms with Gasteiger partial charge in [-0.05, 0) is 54.8 Å². The lowest BCUT2D eigenvalue weighted by molar-refractivity contribution is -0.128. The first kappa shape index (κ1) is 19.5. The molecule has 0 atom stereocenters. The minimum Gasteiger partial charge on any atom is -0.493 e. The number of ether oxygens (including phenoxy) is 1. The quantitative estimate of drug-likeness (QED) is 0.825. The van der Waals surface area contributed by atoms with E-state index in [1.807, 2.05) is 50.2 Å². The predicted molar refractivity (Wildman–Crippen MR) is 103 cm³/mol. The maximum absolute atomic E-state index is 12.1.